The summed E-state index contributed by atoms with van der Waals surface area (Å²) < 4.78 is 2.13. The third-order valence-corrected chi connectivity index (χ3v) is 6.37. The number of benzene rings is 1. The fourth-order valence-electron chi connectivity index (χ4n) is 4.37. The van der Waals surface area contributed by atoms with Crippen molar-refractivity contribution in [3.05, 3.63) is 60.4 Å². The summed E-state index contributed by atoms with van der Waals surface area (Å²) in [6, 6.07) is 16.7. The maximum Gasteiger partial charge on any atom is 0.229 e. The number of pyridine rings is 1. The predicted molar refractivity (Wildman–Crippen MR) is 140 cm³/mol. The molecule has 1 aromatic carbocycles. The quantitative estimate of drug-likeness (QED) is 0.443. The van der Waals surface area contributed by atoms with E-state index < -0.39 is 0 Å². The second kappa shape index (κ2) is 9.30. The number of hydrogen-bond acceptors (Lipinski definition) is 7. The van der Waals surface area contributed by atoms with E-state index in [1.54, 1.807) is 0 Å². The number of aromatic nitrogens is 4. The smallest absolute Gasteiger partial charge is 0.229 e. The van der Waals surface area contributed by atoms with Crippen LogP contribution < -0.4 is 15.5 Å². The first kappa shape index (κ1) is 22.2. The van der Waals surface area contributed by atoms with Gasteiger partial charge in [-0.05, 0) is 55.4 Å². The van der Waals surface area contributed by atoms with Gasteiger partial charge in [-0.15, -0.1) is 0 Å². The first-order valence-corrected chi connectivity index (χ1v) is 11.9. The van der Waals surface area contributed by atoms with Gasteiger partial charge in [0.2, 0.25) is 5.95 Å². The number of rotatable bonds is 6. The summed E-state index contributed by atoms with van der Waals surface area (Å²) in [7, 11) is 4.05. The molecule has 4 aromatic rings. The van der Waals surface area contributed by atoms with Crippen LogP contribution in [-0.2, 0) is 0 Å². The third-order valence-electron chi connectivity index (χ3n) is 6.37. The van der Waals surface area contributed by atoms with E-state index in [4.69, 9.17) is 9.97 Å². The van der Waals surface area contributed by atoms with Crippen LogP contribution in [-0.4, -0.2) is 64.7 Å². The van der Waals surface area contributed by atoms with Crippen molar-refractivity contribution in [1.82, 2.24) is 24.4 Å². The first-order valence-electron chi connectivity index (χ1n) is 11.9. The normalized spacial score (nSPS) is 14.7. The Hall–Kier alpha value is -3.65. The first-order chi connectivity index (χ1) is 16.5. The van der Waals surface area contributed by atoms with E-state index in [9.17, 15) is 0 Å². The molecular formula is C26H32N8. The molecule has 5 rings (SSSR count). The molecule has 0 saturated carbocycles. The van der Waals surface area contributed by atoms with Crippen molar-refractivity contribution >= 4 is 34.2 Å². The molecule has 1 fully saturated rings. The Bertz CT molecular complexity index is 1270. The van der Waals surface area contributed by atoms with Gasteiger partial charge in [0.1, 0.15) is 11.6 Å². The van der Waals surface area contributed by atoms with Crippen molar-refractivity contribution in [3.63, 3.8) is 0 Å². The van der Waals surface area contributed by atoms with Crippen LogP contribution in [0, 0.1) is 0 Å². The Morgan fingerprint density at radius 3 is 2.41 bits per heavy atom. The molecule has 34 heavy (non-hydrogen) atoms. The molecule has 0 amide bonds. The van der Waals surface area contributed by atoms with Gasteiger partial charge in [-0.1, -0.05) is 19.9 Å². The summed E-state index contributed by atoms with van der Waals surface area (Å²) in [5.74, 6) is 2.54. The van der Waals surface area contributed by atoms with E-state index in [0.717, 1.165) is 60.2 Å². The Morgan fingerprint density at radius 1 is 0.941 bits per heavy atom. The molecule has 8 nitrogen and oxygen atoms in total. The zero-order valence-electron chi connectivity index (χ0n) is 20.3. The molecule has 0 unspecified atom stereocenters. The highest BCUT2D eigenvalue weighted by atomic mass is 15.2. The van der Waals surface area contributed by atoms with Crippen LogP contribution in [0.4, 0.5) is 23.1 Å². The van der Waals surface area contributed by atoms with Gasteiger partial charge in [0.05, 0.1) is 0 Å². The van der Waals surface area contributed by atoms with Gasteiger partial charge in [0.25, 0.3) is 0 Å². The minimum atomic E-state index is 0.313. The number of nitrogens with zero attached hydrogens (tertiary/aromatic N) is 6. The molecular weight excluding hydrogens is 424 g/mol. The van der Waals surface area contributed by atoms with Gasteiger partial charge in [-0.2, -0.15) is 4.98 Å². The predicted octanol–water partition coefficient (Wildman–Crippen LogP) is 4.48. The standard InChI is InChI=1S/C26H32N8/c1-18(2)22-16-19-17-28-26(31-25(19)34(22)24-7-5-6-23(27-3)30-24)29-20-8-10-21(11-9-20)33-14-12-32(4)13-15-33/h5-11,16-18H,12-15H2,1-4H3,(H,27,30)(H,28,29,31). The maximum absolute atomic E-state index is 4.89. The highest BCUT2D eigenvalue weighted by molar-refractivity contribution is 5.80. The largest absolute Gasteiger partial charge is 0.373 e. The number of likely N-dealkylation sites (N-methyl/N-ethyl adjacent to an activating group) is 1. The highest BCUT2D eigenvalue weighted by Gasteiger charge is 2.17. The number of nitrogens with one attached hydrogen (secondary N) is 2. The third kappa shape index (κ3) is 4.41. The van der Waals surface area contributed by atoms with E-state index in [-0.39, 0.29) is 0 Å². The summed E-state index contributed by atoms with van der Waals surface area (Å²) in [6.45, 7) is 8.67. The maximum atomic E-state index is 4.89. The number of piperazine rings is 1. The van der Waals surface area contributed by atoms with E-state index in [2.05, 4.69) is 81.2 Å². The van der Waals surface area contributed by atoms with Gasteiger partial charge in [0, 0.05) is 61.9 Å². The minimum absolute atomic E-state index is 0.313. The van der Waals surface area contributed by atoms with Crippen LogP contribution >= 0.6 is 0 Å². The zero-order chi connectivity index (χ0) is 23.7. The number of fused-ring (bicyclic) bond motifs is 1. The fraction of sp³-hybridized carbons (Fsp3) is 0.346. The lowest BCUT2D eigenvalue weighted by atomic mass is 10.1. The van der Waals surface area contributed by atoms with Crippen LogP contribution in [0.5, 0.6) is 0 Å². The van der Waals surface area contributed by atoms with Crippen molar-refractivity contribution < 1.29 is 0 Å². The monoisotopic (exact) mass is 456 g/mol. The molecule has 0 aliphatic carbocycles. The average molecular weight is 457 g/mol. The van der Waals surface area contributed by atoms with Gasteiger partial charge >= 0.3 is 0 Å². The number of anilines is 4. The van der Waals surface area contributed by atoms with Gasteiger partial charge in [-0.25, -0.2) is 9.97 Å². The topological polar surface area (TPSA) is 74.1 Å². The SMILES string of the molecule is CNc1cccc(-n2c(C(C)C)cc3cnc(Nc4ccc(N5CCN(C)CC5)cc4)nc32)n1. The van der Waals surface area contributed by atoms with Crippen molar-refractivity contribution in [3.8, 4) is 5.82 Å². The summed E-state index contributed by atoms with van der Waals surface area (Å²) in [6.07, 6.45) is 1.88. The van der Waals surface area contributed by atoms with Crippen LogP contribution in [0.3, 0.4) is 0 Å². The van der Waals surface area contributed by atoms with E-state index in [1.807, 2.05) is 31.4 Å². The fourth-order valence-corrected chi connectivity index (χ4v) is 4.37. The molecule has 1 aliphatic heterocycles. The molecule has 0 bridgehead atoms. The molecule has 176 valence electrons. The second-order valence-corrected chi connectivity index (χ2v) is 9.13. The molecule has 0 radical (unpaired) electrons. The van der Waals surface area contributed by atoms with Crippen molar-refractivity contribution in [2.24, 2.45) is 0 Å². The van der Waals surface area contributed by atoms with Crippen molar-refractivity contribution in [2.75, 3.05) is 55.8 Å². The lowest BCUT2D eigenvalue weighted by Crippen LogP contribution is -2.44. The Labute approximate surface area is 200 Å². The molecule has 8 heteroatoms. The molecule has 3 aromatic heterocycles. The van der Waals surface area contributed by atoms with Crippen LogP contribution in [0.1, 0.15) is 25.5 Å². The zero-order valence-corrected chi connectivity index (χ0v) is 20.3. The van der Waals surface area contributed by atoms with Gasteiger partial charge in [-0.3, -0.25) is 4.57 Å². The number of hydrogen-bond donors (Lipinski definition) is 2. The molecule has 1 aliphatic rings. The van der Waals surface area contributed by atoms with Gasteiger partial charge in [0.15, 0.2) is 5.65 Å². The molecule has 2 N–H and O–H groups in total. The van der Waals surface area contributed by atoms with Gasteiger partial charge < -0.3 is 20.4 Å². The lowest BCUT2D eigenvalue weighted by Gasteiger charge is -2.34. The summed E-state index contributed by atoms with van der Waals surface area (Å²) in [5, 5.41) is 7.50. The van der Waals surface area contributed by atoms with Crippen LogP contribution in [0.25, 0.3) is 16.9 Å². The summed E-state index contributed by atoms with van der Waals surface area (Å²) in [5.41, 5.74) is 4.21. The van der Waals surface area contributed by atoms with Crippen LogP contribution in [0.2, 0.25) is 0 Å². The lowest BCUT2D eigenvalue weighted by molar-refractivity contribution is 0.313. The summed E-state index contributed by atoms with van der Waals surface area (Å²) in [4.78, 5) is 19.0. The second-order valence-electron chi connectivity index (χ2n) is 9.13. The van der Waals surface area contributed by atoms with E-state index >= 15 is 0 Å². The Morgan fingerprint density at radius 2 is 1.71 bits per heavy atom. The molecule has 0 spiro atoms. The average Bonchev–Trinajstić information content (AvgIpc) is 3.24. The van der Waals surface area contributed by atoms with E-state index in [1.165, 1.54) is 5.69 Å². The molecule has 1 saturated heterocycles. The van der Waals surface area contributed by atoms with Crippen molar-refractivity contribution in [2.45, 2.75) is 19.8 Å². The minimum Gasteiger partial charge on any atom is -0.373 e. The van der Waals surface area contributed by atoms with Crippen molar-refractivity contribution in [1.29, 1.82) is 0 Å². The van der Waals surface area contributed by atoms with Crippen LogP contribution in [0.15, 0.2) is 54.7 Å². The Kier molecular flexibility index (Phi) is 6.06. The molecule has 4 heterocycles. The Balaban J connectivity index is 1.44. The molecule has 0 atom stereocenters. The summed E-state index contributed by atoms with van der Waals surface area (Å²) >= 11 is 0. The van der Waals surface area contributed by atoms with E-state index in [0.29, 0.717) is 11.9 Å². The highest BCUT2D eigenvalue weighted by Crippen LogP contribution is 2.29.